The second kappa shape index (κ2) is 7.57. The van der Waals surface area contributed by atoms with Crippen molar-refractivity contribution in [3.05, 3.63) is 59.7 Å². The fourth-order valence-electron chi connectivity index (χ4n) is 3.14. The van der Waals surface area contributed by atoms with Gasteiger partial charge in [0.2, 0.25) is 0 Å². The average molecular weight is 326 g/mol. The summed E-state index contributed by atoms with van der Waals surface area (Å²) in [6.45, 7) is 0.977. The van der Waals surface area contributed by atoms with E-state index in [1.54, 1.807) is 0 Å². The van der Waals surface area contributed by atoms with Gasteiger partial charge in [0.05, 0.1) is 6.61 Å². The lowest BCUT2D eigenvalue weighted by Crippen LogP contribution is -2.36. The highest BCUT2D eigenvalue weighted by molar-refractivity contribution is 5.79. The van der Waals surface area contributed by atoms with Gasteiger partial charge in [0.25, 0.3) is 0 Å². The summed E-state index contributed by atoms with van der Waals surface area (Å²) in [7, 11) is 0. The Hall–Kier alpha value is -2.21. The Labute approximate surface area is 141 Å². The fourth-order valence-corrected chi connectivity index (χ4v) is 3.14. The van der Waals surface area contributed by atoms with E-state index in [-0.39, 0.29) is 25.7 Å². The van der Waals surface area contributed by atoms with Crippen LogP contribution in [0.2, 0.25) is 0 Å². The Bertz CT molecular complexity index is 672. The predicted molar refractivity (Wildman–Crippen MR) is 92.5 cm³/mol. The summed E-state index contributed by atoms with van der Waals surface area (Å²) in [4.78, 5) is 12.2. The first-order valence-electron chi connectivity index (χ1n) is 8.13. The summed E-state index contributed by atoms with van der Waals surface area (Å²) in [6, 6.07) is 16.4. The number of rotatable bonds is 7. The molecule has 0 aromatic heterocycles. The fraction of sp³-hybridized carbons (Fsp3) is 0.316. The molecular formula is C19H22N2O3. The molecule has 0 saturated carbocycles. The first kappa shape index (κ1) is 16.6. The van der Waals surface area contributed by atoms with Crippen LogP contribution < -0.4 is 11.5 Å². The molecule has 0 fully saturated rings. The third-order valence-electron chi connectivity index (χ3n) is 4.27. The van der Waals surface area contributed by atoms with E-state index in [1.807, 2.05) is 24.3 Å². The van der Waals surface area contributed by atoms with Crippen LogP contribution in [0.4, 0.5) is 0 Å². The zero-order chi connectivity index (χ0) is 16.9. The first-order valence-corrected chi connectivity index (χ1v) is 8.13. The van der Waals surface area contributed by atoms with Crippen molar-refractivity contribution in [2.45, 2.75) is 12.0 Å². The van der Waals surface area contributed by atoms with E-state index in [9.17, 15) is 4.79 Å². The zero-order valence-corrected chi connectivity index (χ0v) is 13.5. The molecule has 0 spiro atoms. The molecule has 0 bridgehead atoms. The quantitative estimate of drug-likeness (QED) is 0.755. The third-order valence-corrected chi connectivity index (χ3v) is 4.27. The van der Waals surface area contributed by atoms with Crippen LogP contribution in [-0.4, -0.2) is 38.4 Å². The molecule has 4 N–H and O–H groups in total. The van der Waals surface area contributed by atoms with E-state index in [0.717, 1.165) is 0 Å². The Morgan fingerprint density at radius 1 is 1.00 bits per heavy atom. The molecule has 5 nitrogen and oxygen atoms in total. The summed E-state index contributed by atoms with van der Waals surface area (Å²) in [5.41, 5.74) is 15.7. The number of esters is 1. The van der Waals surface area contributed by atoms with Crippen molar-refractivity contribution in [3.8, 4) is 11.1 Å². The van der Waals surface area contributed by atoms with Crippen LogP contribution >= 0.6 is 0 Å². The van der Waals surface area contributed by atoms with Crippen molar-refractivity contribution in [1.29, 1.82) is 0 Å². The van der Waals surface area contributed by atoms with Crippen LogP contribution in [0.5, 0.6) is 0 Å². The molecule has 1 aliphatic carbocycles. The number of hydrogen-bond donors (Lipinski definition) is 2. The minimum atomic E-state index is -0.763. The number of fused-ring (bicyclic) bond motifs is 3. The van der Waals surface area contributed by atoms with Gasteiger partial charge < -0.3 is 20.9 Å². The molecule has 2 aromatic carbocycles. The van der Waals surface area contributed by atoms with Crippen molar-refractivity contribution in [2.24, 2.45) is 11.5 Å². The summed E-state index contributed by atoms with van der Waals surface area (Å²) in [5.74, 6) is -0.401. The first-order chi connectivity index (χ1) is 11.8. The topological polar surface area (TPSA) is 87.6 Å². The molecule has 0 aliphatic heterocycles. The average Bonchev–Trinajstić information content (AvgIpc) is 2.94. The molecule has 0 saturated heterocycles. The number of nitrogens with two attached hydrogens (primary N) is 2. The molecule has 0 heterocycles. The van der Waals surface area contributed by atoms with E-state index in [0.29, 0.717) is 6.54 Å². The van der Waals surface area contributed by atoms with Gasteiger partial charge in [-0.25, -0.2) is 4.79 Å². The van der Waals surface area contributed by atoms with Crippen molar-refractivity contribution < 1.29 is 14.3 Å². The van der Waals surface area contributed by atoms with Gasteiger partial charge in [-0.3, -0.25) is 0 Å². The minimum absolute atomic E-state index is 0.0364. The maximum absolute atomic E-state index is 12.2. The van der Waals surface area contributed by atoms with Gasteiger partial charge in [0, 0.05) is 19.0 Å². The van der Waals surface area contributed by atoms with Crippen LogP contribution in [0.1, 0.15) is 17.0 Å². The molecule has 2 aromatic rings. The minimum Gasteiger partial charge on any atom is -0.463 e. The van der Waals surface area contributed by atoms with E-state index >= 15 is 0 Å². The van der Waals surface area contributed by atoms with Crippen LogP contribution in [0.3, 0.4) is 0 Å². The zero-order valence-electron chi connectivity index (χ0n) is 13.5. The molecule has 0 amide bonds. The number of hydrogen-bond acceptors (Lipinski definition) is 5. The van der Waals surface area contributed by atoms with Crippen molar-refractivity contribution in [2.75, 3.05) is 26.3 Å². The molecule has 5 heteroatoms. The summed E-state index contributed by atoms with van der Waals surface area (Å²) in [5, 5.41) is 0. The standard InChI is InChI=1S/C19H22N2O3/c20-9-10-23-18(11-21)19(22)24-12-17-15-7-3-1-5-13(15)14-6-2-4-8-16(14)17/h1-8,17-18H,9-12,20-21H2/t18-/m0/s1. The van der Waals surface area contributed by atoms with Crippen LogP contribution in [-0.2, 0) is 14.3 Å². The lowest BCUT2D eigenvalue weighted by molar-refractivity contribution is -0.156. The SMILES string of the molecule is NCCO[C@@H](CN)C(=O)OCC1c2ccccc2-c2ccccc21. The third kappa shape index (κ3) is 3.19. The molecule has 0 unspecified atom stereocenters. The summed E-state index contributed by atoms with van der Waals surface area (Å²) >= 11 is 0. The summed E-state index contributed by atoms with van der Waals surface area (Å²) in [6.07, 6.45) is -0.763. The Balaban J connectivity index is 1.75. The maximum Gasteiger partial charge on any atom is 0.336 e. The predicted octanol–water partition coefficient (Wildman–Crippen LogP) is 1.64. The van der Waals surface area contributed by atoms with Crippen LogP contribution in [0, 0.1) is 0 Å². The van der Waals surface area contributed by atoms with Gasteiger partial charge >= 0.3 is 5.97 Å². The van der Waals surface area contributed by atoms with E-state index in [2.05, 4.69) is 24.3 Å². The van der Waals surface area contributed by atoms with Gasteiger partial charge in [-0.1, -0.05) is 48.5 Å². The molecule has 24 heavy (non-hydrogen) atoms. The highest BCUT2D eigenvalue weighted by Gasteiger charge is 2.30. The van der Waals surface area contributed by atoms with E-state index in [4.69, 9.17) is 20.9 Å². The van der Waals surface area contributed by atoms with Crippen molar-refractivity contribution >= 4 is 5.97 Å². The largest absolute Gasteiger partial charge is 0.463 e. The Morgan fingerprint density at radius 3 is 2.12 bits per heavy atom. The van der Waals surface area contributed by atoms with Crippen LogP contribution in [0.15, 0.2) is 48.5 Å². The van der Waals surface area contributed by atoms with E-state index in [1.165, 1.54) is 22.3 Å². The molecule has 3 rings (SSSR count). The number of ether oxygens (including phenoxy) is 2. The second-order valence-corrected chi connectivity index (χ2v) is 5.74. The molecule has 1 atom stereocenters. The molecule has 0 radical (unpaired) electrons. The van der Waals surface area contributed by atoms with Gasteiger partial charge in [0.1, 0.15) is 6.61 Å². The highest BCUT2D eigenvalue weighted by Crippen LogP contribution is 2.44. The van der Waals surface area contributed by atoms with Crippen molar-refractivity contribution in [1.82, 2.24) is 0 Å². The molecule has 1 aliphatic rings. The monoisotopic (exact) mass is 326 g/mol. The normalized spacial score (nSPS) is 14.1. The van der Waals surface area contributed by atoms with Gasteiger partial charge in [-0.2, -0.15) is 0 Å². The van der Waals surface area contributed by atoms with Gasteiger partial charge in [0.15, 0.2) is 6.10 Å². The molecular weight excluding hydrogens is 304 g/mol. The van der Waals surface area contributed by atoms with E-state index < -0.39 is 12.1 Å². The number of carbonyl (C=O) groups is 1. The number of carbonyl (C=O) groups excluding carboxylic acids is 1. The summed E-state index contributed by atoms with van der Waals surface area (Å²) < 4.78 is 10.8. The lowest BCUT2D eigenvalue weighted by atomic mass is 9.98. The lowest BCUT2D eigenvalue weighted by Gasteiger charge is -2.18. The van der Waals surface area contributed by atoms with Crippen molar-refractivity contribution in [3.63, 3.8) is 0 Å². The highest BCUT2D eigenvalue weighted by atomic mass is 16.6. The Morgan fingerprint density at radius 2 is 1.58 bits per heavy atom. The molecule has 126 valence electrons. The second-order valence-electron chi connectivity index (χ2n) is 5.74. The smallest absolute Gasteiger partial charge is 0.336 e. The Kier molecular flexibility index (Phi) is 5.25. The van der Waals surface area contributed by atoms with Crippen LogP contribution in [0.25, 0.3) is 11.1 Å². The number of benzene rings is 2. The van der Waals surface area contributed by atoms with Gasteiger partial charge in [-0.05, 0) is 22.3 Å². The maximum atomic E-state index is 12.2. The van der Waals surface area contributed by atoms with Gasteiger partial charge in [-0.15, -0.1) is 0 Å².